The van der Waals surface area contributed by atoms with Crippen LogP contribution in [-0.4, -0.2) is 18.7 Å². The molecule has 72 valence electrons. The van der Waals surface area contributed by atoms with E-state index < -0.39 is 0 Å². The van der Waals surface area contributed by atoms with E-state index in [0.717, 1.165) is 25.8 Å². The molecular formula is C8H18NO2P. The maximum atomic E-state index is 10.4. The summed E-state index contributed by atoms with van der Waals surface area (Å²) in [6, 6.07) is 0. The molecule has 0 saturated heterocycles. The second-order valence-electron chi connectivity index (χ2n) is 2.71. The molecule has 0 amide bonds. The quantitative estimate of drug-likeness (QED) is 0.469. The highest BCUT2D eigenvalue weighted by atomic mass is 31.1. The molecule has 0 bridgehead atoms. The van der Waals surface area contributed by atoms with Gasteiger partial charge < -0.3 is 10.3 Å². The molecule has 0 fully saturated rings. The third-order valence-corrected chi connectivity index (χ3v) is 2.05. The van der Waals surface area contributed by atoms with Gasteiger partial charge in [0.15, 0.2) is 5.52 Å². The van der Waals surface area contributed by atoms with Gasteiger partial charge in [-0.05, 0) is 19.4 Å². The lowest BCUT2D eigenvalue weighted by atomic mass is 10.2. The van der Waals surface area contributed by atoms with Crippen molar-refractivity contribution in [3.63, 3.8) is 0 Å². The average molecular weight is 191 g/mol. The number of hydrogen-bond acceptors (Lipinski definition) is 3. The molecule has 0 aliphatic rings. The van der Waals surface area contributed by atoms with E-state index in [-0.39, 0.29) is 14.3 Å². The summed E-state index contributed by atoms with van der Waals surface area (Å²) in [7, 11) is 0.0372. The molecule has 0 heterocycles. The summed E-state index contributed by atoms with van der Waals surface area (Å²) in [5, 5.41) is 0. The predicted molar refractivity (Wildman–Crippen MR) is 52.5 cm³/mol. The van der Waals surface area contributed by atoms with Gasteiger partial charge >= 0.3 is 0 Å². The highest BCUT2D eigenvalue weighted by Crippen LogP contribution is 2.13. The molecule has 0 aromatic carbocycles. The standard InChI is InChI=1S/C8H18NO2P/c1-8(10)12-11-7-5-3-2-4-6-9/h12H,2-7,9H2,1H3. The van der Waals surface area contributed by atoms with Crippen LogP contribution in [0.5, 0.6) is 0 Å². The first-order chi connectivity index (χ1) is 5.77. The van der Waals surface area contributed by atoms with E-state index in [4.69, 9.17) is 10.3 Å². The third-order valence-electron chi connectivity index (χ3n) is 1.42. The van der Waals surface area contributed by atoms with Crippen LogP contribution in [-0.2, 0) is 9.32 Å². The van der Waals surface area contributed by atoms with Crippen molar-refractivity contribution >= 4 is 14.3 Å². The van der Waals surface area contributed by atoms with Gasteiger partial charge in [0.1, 0.15) is 0 Å². The summed E-state index contributed by atoms with van der Waals surface area (Å²) in [4.78, 5) is 10.4. The van der Waals surface area contributed by atoms with Gasteiger partial charge in [-0.1, -0.05) is 12.8 Å². The lowest BCUT2D eigenvalue weighted by Crippen LogP contribution is -1.98. The largest absolute Gasteiger partial charge is 0.355 e. The lowest BCUT2D eigenvalue weighted by molar-refractivity contribution is -0.110. The second-order valence-corrected chi connectivity index (χ2v) is 3.91. The minimum Gasteiger partial charge on any atom is -0.355 e. The smallest absolute Gasteiger partial charge is 0.175 e. The molecule has 0 saturated carbocycles. The van der Waals surface area contributed by atoms with Gasteiger partial charge in [0.25, 0.3) is 0 Å². The highest BCUT2D eigenvalue weighted by Gasteiger charge is 1.93. The van der Waals surface area contributed by atoms with E-state index in [2.05, 4.69) is 0 Å². The molecule has 0 aromatic heterocycles. The normalized spacial score (nSPS) is 11.2. The molecule has 0 aliphatic heterocycles. The monoisotopic (exact) mass is 191 g/mol. The summed E-state index contributed by atoms with van der Waals surface area (Å²) in [5.74, 6) is 0. The van der Waals surface area contributed by atoms with Crippen molar-refractivity contribution in [2.75, 3.05) is 13.2 Å². The summed E-state index contributed by atoms with van der Waals surface area (Å²) in [6.45, 7) is 3.03. The van der Waals surface area contributed by atoms with Gasteiger partial charge in [-0.2, -0.15) is 0 Å². The van der Waals surface area contributed by atoms with E-state index in [0.29, 0.717) is 6.61 Å². The Labute approximate surface area is 75.9 Å². The Bertz CT molecular complexity index is 120. The van der Waals surface area contributed by atoms with Crippen LogP contribution < -0.4 is 5.73 Å². The molecule has 0 aliphatic carbocycles. The molecule has 0 spiro atoms. The number of unbranched alkanes of at least 4 members (excludes halogenated alkanes) is 3. The van der Waals surface area contributed by atoms with Crippen molar-refractivity contribution in [1.29, 1.82) is 0 Å². The van der Waals surface area contributed by atoms with Crippen LogP contribution in [0.2, 0.25) is 0 Å². The topological polar surface area (TPSA) is 52.3 Å². The fourth-order valence-corrected chi connectivity index (χ4v) is 1.27. The first kappa shape index (κ1) is 12.0. The fourth-order valence-electron chi connectivity index (χ4n) is 0.825. The molecule has 0 rings (SSSR count). The molecule has 0 radical (unpaired) electrons. The van der Waals surface area contributed by atoms with Gasteiger partial charge in [-0.25, -0.2) is 0 Å². The number of nitrogens with two attached hydrogens (primary N) is 1. The van der Waals surface area contributed by atoms with Crippen molar-refractivity contribution in [2.24, 2.45) is 5.73 Å². The maximum absolute atomic E-state index is 10.4. The number of carbonyl (C=O) groups is 1. The van der Waals surface area contributed by atoms with Crippen LogP contribution in [0.3, 0.4) is 0 Å². The summed E-state index contributed by atoms with van der Waals surface area (Å²) < 4.78 is 5.12. The number of hydrogen-bond donors (Lipinski definition) is 1. The van der Waals surface area contributed by atoms with Crippen LogP contribution >= 0.6 is 8.81 Å². The van der Waals surface area contributed by atoms with Gasteiger partial charge in [0, 0.05) is 6.92 Å². The van der Waals surface area contributed by atoms with Crippen molar-refractivity contribution in [3.8, 4) is 0 Å². The van der Waals surface area contributed by atoms with Crippen LogP contribution in [0.15, 0.2) is 0 Å². The van der Waals surface area contributed by atoms with E-state index in [1.165, 1.54) is 6.42 Å². The Morgan fingerprint density at radius 3 is 2.58 bits per heavy atom. The Morgan fingerprint density at radius 1 is 1.33 bits per heavy atom. The number of carbonyl (C=O) groups excluding carboxylic acids is 1. The fraction of sp³-hybridized carbons (Fsp3) is 0.875. The van der Waals surface area contributed by atoms with Gasteiger partial charge in [-0.15, -0.1) is 0 Å². The lowest BCUT2D eigenvalue weighted by Gasteiger charge is -2.00. The zero-order valence-corrected chi connectivity index (χ0v) is 8.64. The number of rotatable bonds is 8. The Hall–Kier alpha value is 0.0200. The van der Waals surface area contributed by atoms with Gasteiger partial charge in [0.05, 0.1) is 15.4 Å². The summed E-state index contributed by atoms with van der Waals surface area (Å²) in [6.07, 6.45) is 4.46. The van der Waals surface area contributed by atoms with Crippen LogP contribution in [0.25, 0.3) is 0 Å². The molecule has 0 aromatic rings. The minimum atomic E-state index is 0.0372. The molecule has 1 unspecified atom stereocenters. The SMILES string of the molecule is CC(=O)POCCCCCCN. The predicted octanol–water partition coefficient (Wildman–Crippen LogP) is 1.66. The van der Waals surface area contributed by atoms with Crippen molar-refractivity contribution < 1.29 is 9.32 Å². The molecule has 3 nitrogen and oxygen atoms in total. The molecule has 1 atom stereocenters. The van der Waals surface area contributed by atoms with Crippen LogP contribution in [0.4, 0.5) is 0 Å². The summed E-state index contributed by atoms with van der Waals surface area (Å²) >= 11 is 0. The molecule has 2 N–H and O–H groups in total. The highest BCUT2D eigenvalue weighted by molar-refractivity contribution is 7.53. The Balaban J connectivity index is 2.86. The van der Waals surface area contributed by atoms with Crippen LogP contribution in [0, 0.1) is 0 Å². The van der Waals surface area contributed by atoms with Gasteiger partial charge in [-0.3, -0.25) is 4.79 Å². The van der Waals surface area contributed by atoms with E-state index >= 15 is 0 Å². The maximum Gasteiger partial charge on any atom is 0.175 e. The second kappa shape index (κ2) is 9.11. The van der Waals surface area contributed by atoms with E-state index in [9.17, 15) is 4.79 Å². The average Bonchev–Trinajstić information content (AvgIpc) is 2.02. The molecular weight excluding hydrogens is 173 g/mol. The summed E-state index contributed by atoms with van der Waals surface area (Å²) in [5.41, 5.74) is 5.46. The van der Waals surface area contributed by atoms with Crippen molar-refractivity contribution in [3.05, 3.63) is 0 Å². The van der Waals surface area contributed by atoms with Crippen molar-refractivity contribution in [1.82, 2.24) is 0 Å². The Morgan fingerprint density at radius 2 is 2.00 bits per heavy atom. The first-order valence-corrected chi connectivity index (χ1v) is 5.26. The van der Waals surface area contributed by atoms with E-state index in [1.807, 2.05) is 0 Å². The minimum absolute atomic E-state index is 0.0372. The van der Waals surface area contributed by atoms with E-state index in [1.54, 1.807) is 6.92 Å². The van der Waals surface area contributed by atoms with Crippen molar-refractivity contribution in [2.45, 2.75) is 32.6 Å². The van der Waals surface area contributed by atoms with Gasteiger partial charge in [0.2, 0.25) is 0 Å². The molecule has 12 heavy (non-hydrogen) atoms. The van der Waals surface area contributed by atoms with Crippen LogP contribution in [0.1, 0.15) is 32.6 Å². The zero-order valence-electron chi connectivity index (χ0n) is 7.64. The first-order valence-electron chi connectivity index (χ1n) is 4.36. The third kappa shape index (κ3) is 10.0. The zero-order chi connectivity index (χ0) is 9.23. The molecule has 4 heteroatoms. The Kier molecular flexibility index (Phi) is 9.13.